The van der Waals surface area contributed by atoms with Crippen molar-refractivity contribution >= 4 is 29.1 Å². The van der Waals surface area contributed by atoms with Gasteiger partial charge in [-0.1, -0.05) is 18.2 Å². The lowest BCUT2D eigenvalue weighted by atomic mass is 10.1. The van der Waals surface area contributed by atoms with Crippen LogP contribution in [0.4, 0.5) is 11.4 Å². The minimum atomic E-state index is -0.812. The molecule has 1 saturated heterocycles. The van der Waals surface area contributed by atoms with E-state index in [2.05, 4.69) is 4.90 Å². The molecule has 0 atom stereocenters. The highest BCUT2D eigenvalue weighted by atomic mass is 16.6. The first-order valence-corrected chi connectivity index (χ1v) is 9.71. The first-order valence-electron chi connectivity index (χ1n) is 9.71. The number of amides is 3. The molecule has 10 heteroatoms. The van der Waals surface area contributed by atoms with Crippen LogP contribution in [0.3, 0.4) is 0 Å². The second-order valence-corrected chi connectivity index (χ2v) is 7.19. The fourth-order valence-corrected chi connectivity index (χ4v) is 3.93. The Morgan fingerprint density at radius 2 is 1.74 bits per heavy atom. The number of hydrogen-bond acceptors (Lipinski definition) is 7. The average Bonchev–Trinajstić information content (AvgIpc) is 3.04. The highest BCUT2D eigenvalue weighted by Gasteiger charge is 2.42. The summed E-state index contributed by atoms with van der Waals surface area (Å²) in [6.45, 7) is 1.53. The van der Waals surface area contributed by atoms with Gasteiger partial charge in [0, 0.05) is 32.2 Å². The van der Waals surface area contributed by atoms with Gasteiger partial charge < -0.3 is 14.5 Å². The molecular weight excluding hydrogens is 404 g/mol. The molecule has 4 rings (SSSR count). The van der Waals surface area contributed by atoms with Crippen molar-refractivity contribution in [3.63, 3.8) is 0 Å². The number of nitrogens with zero attached hydrogens (tertiary/aromatic N) is 4. The third kappa shape index (κ3) is 3.56. The fraction of sp³-hybridized carbons (Fsp3) is 0.286. The Balaban J connectivity index is 1.43. The zero-order chi connectivity index (χ0) is 22.1. The van der Waals surface area contributed by atoms with E-state index in [-0.39, 0.29) is 17.0 Å². The van der Waals surface area contributed by atoms with Crippen LogP contribution in [-0.2, 0) is 4.79 Å². The van der Waals surface area contributed by atoms with Crippen LogP contribution in [0.1, 0.15) is 20.7 Å². The summed E-state index contributed by atoms with van der Waals surface area (Å²) in [5.41, 5.74) is 0.195. The maximum absolute atomic E-state index is 12.8. The van der Waals surface area contributed by atoms with Crippen LogP contribution < -0.4 is 9.64 Å². The molecule has 2 aliphatic rings. The monoisotopic (exact) mass is 424 g/mol. The normalized spacial score (nSPS) is 15.8. The first-order chi connectivity index (χ1) is 14.9. The Labute approximate surface area is 177 Å². The van der Waals surface area contributed by atoms with Crippen LogP contribution in [0.15, 0.2) is 42.5 Å². The Bertz CT molecular complexity index is 1080. The van der Waals surface area contributed by atoms with E-state index >= 15 is 0 Å². The lowest BCUT2D eigenvalue weighted by Crippen LogP contribution is -2.52. The average molecular weight is 424 g/mol. The largest absolute Gasteiger partial charge is 0.495 e. The zero-order valence-corrected chi connectivity index (χ0v) is 16.8. The molecule has 10 nitrogen and oxygen atoms in total. The Kier molecular flexibility index (Phi) is 5.28. The summed E-state index contributed by atoms with van der Waals surface area (Å²) in [6, 6.07) is 11.5. The summed E-state index contributed by atoms with van der Waals surface area (Å²) < 4.78 is 5.39. The van der Waals surface area contributed by atoms with Crippen molar-refractivity contribution in [2.45, 2.75) is 0 Å². The van der Waals surface area contributed by atoms with Gasteiger partial charge in [-0.2, -0.15) is 0 Å². The number of methoxy groups -OCH3 is 1. The molecule has 1 fully saturated rings. The van der Waals surface area contributed by atoms with Gasteiger partial charge in [-0.25, -0.2) is 0 Å². The second kappa shape index (κ2) is 8.05. The molecule has 3 amide bonds. The minimum absolute atomic E-state index is 0.0482. The van der Waals surface area contributed by atoms with Gasteiger partial charge in [0.2, 0.25) is 5.91 Å². The number of rotatable bonds is 5. The predicted octanol–water partition coefficient (Wildman–Crippen LogP) is 1.55. The van der Waals surface area contributed by atoms with Crippen LogP contribution in [-0.4, -0.2) is 72.3 Å². The second-order valence-electron chi connectivity index (χ2n) is 7.19. The maximum Gasteiger partial charge on any atom is 0.282 e. The number of piperazine rings is 1. The van der Waals surface area contributed by atoms with Crippen molar-refractivity contribution in [3.8, 4) is 5.75 Å². The number of imide groups is 1. The van der Waals surface area contributed by atoms with E-state index in [4.69, 9.17) is 4.74 Å². The number of hydrogen-bond donors (Lipinski definition) is 0. The number of fused-ring (bicyclic) bond motifs is 1. The molecule has 0 saturated carbocycles. The minimum Gasteiger partial charge on any atom is -0.495 e. The first kappa shape index (κ1) is 20.3. The topological polar surface area (TPSA) is 113 Å². The van der Waals surface area contributed by atoms with Gasteiger partial charge in [0.15, 0.2) is 0 Å². The molecular formula is C21H20N4O6. The molecule has 2 aromatic carbocycles. The predicted molar refractivity (Wildman–Crippen MR) is 110 cm³/mol. The van der Waals surface area contributed by atoms with Crippen LogP contribution >= 0.6 is 0 Å². The molecule has 0 aliphatic carbocycles. The quantitative estimate of drug-likeness (QED) is 0.406. The van der Waals surface area contributed by atoms with Crippen LogP contribution in [0.5, 0.6) is 5.75 Å². The van der Waals surface area contributed by atoms with Crippen molar-refractivity contribution in [2.24, 2.45) is 0 Å². The molecule has 0 aromatic heterocycles. The van der Waals surface area contributed by atoms with Crippen LogP contribution in [0.25, 0.3) is 0 Å². The van der Waals surface area contributed by atoms with Gasteiger partial charge in [0.1, 0.15) is 17.9 Å². The zero-order valence-electron chi connectivity index (χ0n) is 16.8. The molecule has 160 valence electrons. The number of nitro benzene ring substituents is 1. The van der Waals surface area contributed by atoms with Crippen molar-refractivity contribution in [3.05, 3.63) is 63.7 Å². The summed E-state index contributed by atoms with van der Waals surface area (Å²) >= 11 is 0. The lowest BCUT2D eigenvalue weighted by molar-refractivity contribution is -0.385. The number of benzene rings is 2. The lowest BCUT2D eigenvalue weighted by Gasteiger charge is -2.37. The molecule has 0 N–H and O–H groups in total. The third-order valence-corrected chi connectivity index (χ3v) is 5.53. The number of anilines is 1. The molecule has 0 spiro atoms. The molecule has 0 radical (unpaired) electrons. The highest BCUT2D eigenvalue weighted by molar-refractivity contribution is 6.24. The molecule has 2 aromatic rings. The Hall–Kier alpha value is -3.95. The van der Waals surface area contributed by atoms with Crippen molar-refractivity contribution < 1.29 is 24.0 Å². The number of carbonyl (C=O) groups is 3. The van der Waals surface area contributed by atoms with E-state index in [9.17, 15) is 24.5 Å². The highest BCUT2D eigenvalue weighted by Crippen LogP contribution is 2.31. The maximum atomic E-state index is 12.8. The van der Waals surface area contributed by atoms with E-state index in [0.29, 0.717) is 26.2 Å². The van der Waals surface area contributed by atoms with Crippen LogP contribution in [0.2, 0.25) is 0 Å². The van der Waals surface area contributed by atoms with E-state index in [1.165, 1.54) is 18.2 Å². The number of ether oxygens (including phenoxy) is 1. The van der Waals surface area contributed by atoms with Crippen molar-refractivity contribution in [2.75, 3.05) is 44.7 Å². The third-order valence-electron chi connectivity index (χ3n) is 5.53. The van der Waals surface area contributed by atoms with E-state index in [0.717, 1.165) is 16.3 Å². The summed E-state index contributed by atoms with van der Waals surface area (Å²) in [6.07, 6.45) is 0. The number of carbonyl (C=O) groups excluding carboxylic acids is 3. The summed E-state index contributed by atoms with van der Waals surface area (Å²) in [7, 11) is 1.60. The van der Waals surface area contributed by atoms with Crippen LogP contribution in [0, 0.1) is 10.1 Å². The SMILES string of the molecule is COc1ccccc1N1CCN(C(=O)CN2C(=O)c3cccc([N+](=O)[O-])c3C2=O)CC1. The van der Waals surface area contributed by atoms with Gasteiger partial charge in [-0.3, -0.25) is 29.4 Å². The molecule has 31 heavy (non-hydrogen) atoms. The van der Waals surface area contributed by atoms with E-state index < -0.39 is 29.0 Å². The van der Waals surface area contributed by atoms with Gasteiger partial charge in [0.25, 0.3) is 17.5 Å². The Morgan fingerprint density at radius 1 is 1.03 bits per heavy atom. The smallest absolute Gasteiger partial charge is 0.282 e. The summed E-state index contributed by atoms with van der Waals surface area (Å²) in [4.78, 5) is 53.0. The van der Waals surface area contributed by atoms with Gasteiger partial charge in [0.05, 0.1) is 23.3 Å². The van der Waals surface area contributed by atoms with Gasteiger partial charge in [-0.15, -0.1) is 0 Å². The fourth-order valence-electron chi connectivity index (χ4n) is 3.93. The number of para-hydroxylation sites is 2. The standard InChI is InChI=1S/C21H20N4O6/c1-31-17-8-3-2-6-15(17)22-9-11-23(12-10-22)18(26)13-24-20(27)14-5-4-7-16(25(29)30)19(14)21(24)28/h2-8H,9-13H2,1H3. The molecule has 2 aliphatic heterocycles. The Morgan fingerprint density at radius 3 is 2.42 bits per heavy atom. The molecule has 0 bridgehead atoms. The van der Waals surface area contributed by atoms with E-state index in [1.54, 1.807) is 12.0 Å². The van der Waals surface area contributed by atoms with Gasteiger partial charge >= 0.3 is 0 Å². The number of nitro groups is 1. The van der Waals surface area contributed by atoms with E-state index in [1.807, 2.05) is 24.3 Å². The molecule has 0 unspecified atom stereocenters. The summed E-state index contributed by atoms with van der Waals surface area (Å²) in [5, 5.41) is 11.2. The molecule has 2 heterocycles. The van der Waals surface area contributed by atoms with Crippen molar-refractivity contribution in [1.29, 1.82) is 0 Å². The summed E-state index contributed by atoms with van der Waals surface area (Å²) in [5.74, 6) is -1.13. The van der Waals surface area contributed by atoms with Crippen molar-refractivity contribution in [1.82, 2.24) is 9.80 Å². The van der Waals surface area contributed by atoms with Gasteiger partial charge in [-0.05, 0) is 18.2 Å².